The molecule has 0 atom stereocenters. The minimum Gasteiger partial charge on any atom is -0.355 e. The number of rotatable bonds is 5. The van der Waals surface area contributed by atoms with Gasteiger partial charge in [0.1, 0.15) is 5.69 Å². The van der Waals surface area contributed by atoms with Gasteiger partial charge in [0, 0.05) is 47.9 Å². The lowest BCUT2D eigenvalue weighted by molar-refractivity contribution is 0.101. The second-order valence-corrected chi connectivity index (χ2v) is 7.09. The number of hydrogen-bond donors (Lipinski definition) is 1. The number of amides is 1. The van der Waals surface area contributed by atoms with Gasteiger partial charge in [-0.2, -0.15) is 0 Å². The van der Waals surface area contributed by atoms with Gasteiger partial charge in [-0.3, -0.25) is 14.6 Å². The van der Waals surface area contributed by atoms with Gasteiger partial charge in [-0.1, -0.05) is 12.1 Å². The third-order valence-corrected chi connectivity index (χ3v) is 5.03. The standard InChI is InChI=1S/C23H22N4O2/c1-16(28)17-7-9-20(10-8-17)26-23(29)19-6-4-5-18(15-19)21-22(25-12-11-24-21)27-13-2-3-14-27/h4-12,15H,2-3,13-14H2,1H3,(H,26,29). The van der Waals surface area contributed by atoms with Crippen LogP contribution in [0.2, 0.25) is 0 Å². The van der Waals surface area contributed by atoms with Crippen molar-refractivity contribution in [2.24, 2.45) is 0 Å². The van der Waals surface area contributed by atoms with Crippen LogP contribution in [0.3, 0.4) is 0 Å². The van der Waals surface area contributed by atoms with E-state index >= 15 is 0 Å². The van der Waals surface area contributed by atoms with Gasteiger partial charge in [0.05, 0.1) is 0 Å². The highest BCUT2D eigenvalue weighted by molar-refractivity contribution is 6.05. The Morgan fingerprint density at radius 3 is 2.38 bits per heavy atom. The number of anilines is 2. The number of carbonyl (C=O) groups is 2. The summed E-state index contributed by atoms with van der Waals surface area (Å²) in [6.07, 6.45) is 5.69. The minimum atomic E-state index is -0.214. The number of Topliss-reactive ketones (excluding diaryl/α,β-unsaturated/α-hetero) is 1. The van der Waals surface area contributed by atoms with Gasteiger partial charge in [0.2, 0.25) is 0 Å². The summed E-state index contributed by atoms with van der Waals surface area (Å²) in [5.41, 5.74) is 3.44. The summed E-state index contributed by atoms with van der Waals surface area (Å²) in [6.45, 7) is 3.46. The Bertz CT molecular complexity index is 1040. The first-order chi connectivity index (χ1) is 14.1. The van der Waals surface area contributed by atoms with Crippen LogP contribution in [0.15, 0.2) is 60.9 Å². The monoisotopic (exact) mass is 386 g/mol. The molecule has 2 heterocycles. The smallest absolute Gasteiger partial charge is 0.255 e. The molecule has 146 valence electrons. The summed E-state index contributed by atoms with van der Waals surface area (Å²) in [4.78, 5) is 35.4. The van der Waals surface area contributed by atoms with Gasteiger partial charge < -0.3 is 10.2 Å². The lowest BCUT2D eigenvalue weighted by Gasteiger charge is -2.19. The van der Waals surface area contributed by atoms with Crippen LogP contribution in [-0.4, -0.2) is 34.7 Å². The first-order valence-electron chi connectivity index (χ1n) is 9.70. The maximum Gasteiger partial charge on any atom is 0.255 e. The molecule has 3 aromatic rings. The van der Waals surface area contributed by atoms with Gasteiger partial charge in [0.15, 0.2) is 11.6 Å². The topological polar surface area (TPSA) is 75.2 Å². The minimum absolute atomic E-state index is 0.00615. The number of ketones is 1. The molecule has 2 aromatic carbocycles. The summed E-state index contributed by atoms with van der Waals surface area (Å²) in [7, 11) is 0. The molecule has 1 amide bonds. The molecule has 0 aliphatic carbocycles. The molecule has 6 heteroatoms. The van der Waals surface area contributed by atoms with E-state index in [1.165, 1.54) is 6.92 Å². The third kappa shape index (κ3) is 4.16. The highest BCUT2D eigenvalue weighted by Gasteiger charge is 2.19. The Hall–Kier alpha value is -3.54. The predicted octanol–water partition coefficient (Wildman–Crippen LogP) is 4.20. The van der Waals surface area contributed by atoms with Gasteiger partial charge in [0.25, 0.3) is 5.91 Å². The lowest BCUT2D eigenvalue weighted by Crippen LogP contribution is -2.20. The van der Waals surface area contributed by atoms with E-state index in [0.29, 0.717) is 16.8 Å². The molecule has 6 nitrogen and oxygen atoms in total. The molecule has 0 radical (unpaired) electrons. The Kier molecular flexibility index (Phi) is 5.33. The molecular weight excluding hydrogens is 364 g/mol. The number of hydrogen-bond acceptors (Lipinski definition) is 5. The van der Waals surface area contributed by atoms with E-state index in [-0.39, 0.29) is 11.7 Å². The Morgan fingerprint density at radius 1 is 0.931 bits per heavy atom. The molecule has 29 heavy (non-hydrogen) atoms. The second kappa shape index (κ2) is 8.22. The van der Waals surface area contributed by atoms with E-state index in [2.05, 4.69) is 20.2 Å². The zero-order valence-electron chi connectivity index (χ0n) is 16.3. The van der Waals surface area contributed by atoms with Crippen LogP contribution in [0.4, 0.5) is 11.5 Å². The Morgan fingerprint density at radius 2 is 1.66 bits per heavy atom. The second-order valence-electron chi connectivity index (χ2n) is 7.09. The van der Waals surface area contributed by atoms with Crippen LogP contribution in [0, 0.1) is 0 Å². The molecule has 0 unspecified atom stereocenters. The number of benzene rings is 2. The molecule has 1 aliphatic heterocycles. The fraction of sp³-hybridized carbons (Fsp3) is 0.217. The van der Waals surface area contributed by atoms with Crippen LogP contribution in [0.25, 0.3) is 11.3 Å². The van der Waals surface area contributed by atoms with Gasteiger partial charge in [-0.05, 0) is 56.2 Å². The highest BCUT2D eigenvalue weighted by atomic mass is 16.1. The van der Waals surface area contributed by atoms with Gasteiger partial charge >= 0.3 is 0 Å². The van der Waals surface area contributed by atoms with Crippen molar-refractivity contribution in [3.8, 4) is 11.3 Å². The van der Waals surface area contributed by atoms with Crippen LogP contribution >= 0.6 is 0 Å². The predicted molar refractivity (Wildman–Crippen MR) is 113 cm³/mol. The molecule has 4 rings (SSSR count). The van der Waals surface area contributed by atoms with Crippen LogP contribution in [0.1, 0.15) is 40.5 Å². The van der Waals surface area contributed by atoms with Crippen molar-refractivity contribution in [3.05, 3.63) is 72.1 Å². The first-order valence-corrected chi connectivity index (χ1v) is 9.70. The normalized spacial score (nSPS) is 13.3. The summed E-state index contributed by atoms with van der Waals surface area (Å²) < 4.78 is 0. The van der Waals surface area contributed by atoms with Crippen molar-refractivity contribution in [2.45, 2.75) is 19.8 Å². The van der Waals surface area contributed by atoms with Crippen molar-refractivity contribution >= 4 is 23.2 Å². The van der Waals surface area contributed by atoms with Crippen LogP contribution < -0.4 is 10.2 Å². The van der Waals surface area contributed by atoms with Crippen LogP contribution in [-0.2, 0) is 0 Å². The van der Waals surface area contributed by atoms with Crippen molar-refractivity contribution in [1.82, 2.24) is 9.97 Å². The summed E-state index contributed by atoms with van der Waals surface area (Å²) >= 11 is 0. The van der Waals surface area contributed by atoms with E-state index in [9.17, 15) is 9.59 Å². The average Bonchev–Trinajstić information content (AvgIpc) is 3.29. The SMILES string of the molecule is CC(=O)c1ccc(NC(=O)c2cccc(-c3nccnc3N3CCCC3)c2)cc1. The van der Waals surface area contributed by atoms with Crippen molar-refractivity contribution < 1.29 is 9.59 Å². The largest absolute Gasteiger partial charge is 0.355 e. The molecule has 0 bridgehead atoms. The first kappa shape index (κ1) is 18.8. The molecule has 1 aromatic heterocycles. The van der Waals surface area contributed by atoms with Gasteiger partial charge in [-0.15, -0.1) is 0 Å². The van der Waals surface area contributed by atoms with Crippen molar-refractivity contribution in [1.29, 1.82) is 0 Å². The zero-order chi connectivity index (χ0) is 20.2. The summed E-state index contributed by atoms with van der Waals surface area (Å²) in [5, 5.41) is 2.88. The quantitative estimate of drug-likeness (QED) is 0.665. The molecule has 1 fully saturated rings. The maximum atomic E-state index is 12.7. The zero-order valence-corrected chi connectivity index (χ0v) is 16.3. The lowest BCUT2D eigenvalue weighted by atomic mass is 10.1. The van der Waals surface area contributed by atoms with Gasteiger partial charge in [-0.25, -0.2) is 4.98 Å². The maximum absolute atomic E-state index is 12.7. The van der Waals surface area contributed by atoms with E-state index in [1.54, 1.807) is 42.7 Å². The molecule has 1 N–H and O–H groups in total. The van der Waals surface area contributed by atoms with E-state index in [0.717, 1.165) is 43.0 Å². The average molecular weight is 386 g/mol. The molecule has 0 spiro atoms. The fourth-order valence-corrected chi connectivity index (χ4v) is 3.49. The molecule has 1 saturated heterocycles. The van der Waals surface area contributed by atoms with Crippen molar-refractivity contribution in [2.75, 3.05) is 23.3 Å². The molecular formula is C23H22N4O2. The van der Waals surface area contributed by atoms with Crippen LogP contribution in [0.5, 0.6) is 0 Å². The number of aromatic nitrogens is 2. The van der Waals surface area contributed by atoms with E-state index in [4.69, 9.17) is 0 Å². The highest BCUT2D eigenvalue weighted by Crippen LogP contribution is 2.29. The third-order valence-electron chi connectivity index (χ3n) is 5.03. The van der Waals surface area contributed by atoms with Crippen molar-refractivity contribution in [3.63, 3.8) is 0 Å². The number of carbonyl (C=O) groups excluding carboxylic acids is 2. The molecule has 0 saturated carbocycles. The van der Waals surface area contributed by atoms with E-state index in [1.807, 2.05) is 18.2 Å². The Balaban J connectivity index is 1.57. The fourth-order valence-electron chi connectivity index (χ4n) is 3.49. The Labute approximate surface area is 169 Å². The number of nitrogens with one attached hydrogen (secondary N) is 1. The summed E-state index contributed by atoms with van der Waals surface area (Å²) in [5.74, 6) is 0.643. The molecule has 1 aliphatic rings. The number of nitrogens with zero attached hydrogens (tertiary/aromatic N) is 3. The van der Waals surface area contributed by atoms with E-state index < -0.39 is 0 Å². The summed E-state index contributed by atoms with van der Waals surface area (Å²) in [6, 6.07) is 14.3.